The van der Waals surface area contributed by atoms with Crippen LogP contribution < -0.4 is 0 Å². The van der Waals surface area contributed by atoms with Crippen LogP contribution >= 0.6 is 0 Å². The van der Waals surface area contributed by atoms with E-state index in [2.05, 4.69) is 4.98 Å². The van der Waals surface area contributed by atoms with Crippen molar-refractivity contribution < 1.29 is 4.74 Å². The summed E-state index contributed by atoms with van der Waals surface area (Å²) in [5.74, 6) is 0.274. The number of aromatic nitrogens is 1. The molecule has 1 aromatic heterocycles. The molecule has 1 aromatic rings. The monoisotopic (exact) mass is 150 g/mol. The smallest absolute Gasteiger partial charge is 0.184 e. The molecule has 0 saturated carbocycles. The Balaban J connectivity index is 2.58. The third-order valence-corrected chi connectivity index (χ3v) is 1.36. The van der Waals surface area contributed by atoms with E-state index in [9.17, 15) is 0 Å². The number of pyridine rings is 1. The summed E-state index contributed by atoms with van der Waals surface area (Å²) in [6.07, 6.45) is 3.95. The molecular formula is C8H10N2O. The number of methoxy groups -OCH3 is 1. The van der Waals surface area contributed by atoms with Crippen molar-refractivity contribution >= 4 is 5.90 Å². The van der Waals surface area contributed by atoms with Crippen LogP contribution in [0.15, 0.2) is 24.5 Å². The highest BCUT2D eigenvalue weighted by Gasteiger charge is 1.96. The molecule has 11 heavy (non-hydrogen) atoms. The second-order valence-electron chi connectivity index (χ2n) is 2.16. The molecule has 0 aliphatic carbocycles. The first-order valence-corrected chi connectivity index (χ1v) is 3.33. The number of nitrogens with one attached hydrogen (secondary N) is 1. The highest BCUT2D eigenvalue weighted by molar-refractivity contribution is 5.75. The van der Waals surface area contributed by atoms with Crippen LogP contribution in [0.4, 0.5) is 0 Å². The summed E-state index contributed by atoms with van der Waals surface area (Å²) in [7, 11) is 1.50. The van der Waals surface area contributed by atoms with E-state index in [4.69, 9.17) is 10.1 Å². The van der Waals surface area contributed by atoms with Gasteiger partial charge < -0.3 is 4.74 Å². The second-order valence-corrected chi connectivity index (χ2v) is 2.16. The quantitative estimate of drug-likeness (QED) is 0.509. The number of rotatable bonds is 2. The highest BCUT2D eigenvalue weighted by Crippen LogP contribution is 1.97. The van der Waals surface area contributed by atoms with Crippen molar-refractivity contribution in [3.8, 4) is 0 Å². The normalized spacial score (nSPS) is 9.18. The number of nitrogens with zero attached hydrogens (tertiary/aromatic N) is 1. The Morgan fingerprint density at radius 1 is 1.55 bits per heavy atom. The number of hydrogen-bond acceptors (Lipinski definition) is 3. The Hall–Kier alpha value is -1.38. The van der Waals surface area contributed by atoms with Gasteiger partial charge in [0.2, 0.25) is 0 Å². The van der Waals surface area contributed by atoms with Crippen LogP contribution in [-0.4, -0.2) is 18.0 Å². The molecule has 58 valence electrons. The van der Waals surface area contributed by atoms with E-state index in [0.29, 0.717) is 6.42 Å². The van der Waals surface area contributed by atoms with Crippen molar-refractivity contribution in [2.75, 3.05) is 7.11 Å². The third kappa shape index (κ3) is 2.37. The van der Waals surface area contributed by atoms with Crippen molar-refractivity contribution in [2.24, 2.45) is 0 Å². The maximum absolute atomic E-state index is 7.23. The van der Waals surface area contributed by atoms with E-state index in [0.717, 1.165) is 5.56 Å². The zero-order chi connectivity index (χ0) is 8.10. The van der Waals surface area contributed by atoms with Gasteiger partial charge in [0, 0.05) is 18.8 Å². The lowest BCUT2D eigenvalue weighted by molar-refractivity contribution is 0.390. The predicted octanol–water partition coefficient (Wildman–Crippen LogP) is 1.25. The first kappa shape index (κ1) is 7.72. The van der Waals surface area contributed by atoms with Crippen molar-refractivity contribution in [3.05, 3.63) is 30.1 Å². The van der Waals surface area contributed by atoms with Gasteiger partial charge in [-0.3, -0.25) is 10.4 Å². The summed E-state index contributed by atoms with van der Waals surface area (Å²) in [6, 6.07) is 3.74. The molecule has 0 amide bonds. The molecular weight excluding hydrogens is 140 g/mol. The molecule has 0 aliphatic rings. The average Bonchev–Trinajstić information content (AvgIpc) is 2.06. The number of ether oxygens (including phenoxy) is 1. The van der Waals surface area contributed by atoms with Gasteiger partial charge in [-0.2, -0.15) is 0 Å². The summed E-state index contributed by atoms with van der Waals surface area (Å²) in [4.78, 5) is 3.87. The molecule has 1 heterocycles. The lowest BCUT2D eigenvalue weighted by atomic mass is 10.2. The van der Waals surface area contributed by atoms with Gasteiger partial charge in [0.05, 0.1) is 7.11 Å². The van der Waals surface area contributed by atoms with Gasteiger partial charge in [0.25, 0.3) is 0 Å². The van der Waals surface area contributed by atoms with Crippen LogP contribution in [0.3, 0.4) is 0 Å². The molecule has 0 saturated heterocycles. The molecule has 0 fully saturated rings. The van der Waals surface area contributed by atoms with E-state index in [1.54, 1.807) is 12.4 Å². The Morgan fingerprint density at radius 2 is 2.18 bits per heavy atom. The summed E-state index contributed by atoms with van der Waals surface area (Å²) >= 11 is 0. The molecule has 0 aromatic carbocycles. The van der Waals surface area contributed by atoms with E-state index in [1.807, 2.05) is 12.1 Å². The average molecular weight is 150 g/mol. The lowest BCUT2D eigenvalue weighted by Crippen LogP contribution is -2.02. The van der Waals surface area contributed by atoms with Crippen molar-refractivity contribution in [3.63, 3.8) is 0 Å². The zero-order valence-electron chi connectivity index (χ0n) is 6.37. The Kier molecular flexibility index (Phi) is 2.60. The molecule has 0 spiro atoms. The fraction of sp³-hybridized carbons (Fsp3) is 0.250. The highest BCUT2D eigenvalue weighted by atomic mass is 16.5. The van der Waals surface area contributed by atoms with E-state index < -0.39 is 0 Å². The fourth-order valence-electron chi connectivity index (χ4n) is 0.758. The van der Waals surface area contributed by atoms with Gasteiger partial charge in [-0.25, -0.2) is 0 Å². The third-order valence-electron chi connectivity index (χ3n) is 1.36. The standard InChI is InChI=1S/C8H10N2O/c1-11-8(9)6-7-2-4-10-5-3-7/h2-5,9H,6H2,1H3. The maximum atomic E-state index is 7.23. The largest absolute Gasteiger partial charge is 0.484 e. The first-order chi connectivity index (χ1) is 5.33. The van der Waals surface area contributed by atoms with Gasteiger partial charge in [-0.1, -0.05) is 0 Å². The molecule has 3 nitrogen and oxygen atoms in total. The van der Waals surface area contributed by atoms with Gasteiger partial charge in [0.1, 0.15) is 0 Å². The number of hydrogen-bond donors (Lipinski definition) is 1. The summed E-state index contributed by atoms with van der Waals surface area (Å²) < 4.78 is 4.72. The van der Waals surface area contributed by atoms with Crippen molar-refractivity contribution in [1.82, 2.24) is 4.98 Å². The Morgan fingerprint density at radius 3 is 2.73 bits per heavy atom. The van der Waals surface area contributed by atoms with Gasteiger partial charge in [-0.05, 0) is 17.7 Å². The topological polar surface area (TPSA) is 46.0 Å². The van der Waals surface area contributed by atoms with Gasteiger partial charge >= 0.3 is 0 Å². The molecule has 0 bridgehead atoms. The SMILES string of the molecule is COC(=N)Cc1ccncc1. The molecule has 0 atom stereocenters. The van der Waals surface area contributed by atoms with Crippen LogP contribution in [0.1, 0.15) is 5.56 Å². The van der Waals surface area contributed by atoms with Crippen LogP contribution in [0.2, 0.25) is 0 Å². The summed E-state index contributed by atoms with van der Waals surface area (Å²) in [6.45, 7) is 0. The fourth-order valence-corrected chi connectivity index (χ4v) is 0.758. The van der Waals surface area contributed by atoms with Crippen LogP contribution in [0, 0.1) is 5.41 Å². The van der Waals surface area contributed by atoms with E-state index in [-0.39, 0.29) is 5.90 Å². The van der Waals surface area contributed by atoms with Crippen LogP contribution in [0.25, 0.3) is 0 Å². The Bertz CT molecular complexity index is 233. The lowest BCUT2D eigenvalue weighted by Gasteiger charge is -2.00. The van der Waals surface area contributed by atoms with Gasteiger partial charge in [0.15, 0.2) is 5.90 Å². The van der Waals surface area contributed by atoms with Gasteiger partial charge in [-0.15, -0.1) is 0 Å². The van der Waals surface area contributed by atoms with Crippen molar-refractivity contribution in [1.29, 1.82) is 5.41 Å². The molecule has 0 radical (unpaired) electrons. The summed E-state index contributed by atoms with van der Waals surface area (Å²) in [5, 5.41) is 7.23. The first-order valence-electron chi connectivity index (χ1n) is 3.33. The summed E-state index contributed by atoms with van der Waals surface area (Å²) in [5.41, 5.74) is 1.05. The molecule has 1 N–H and O–H groups in total. The van der Waals surface area contributed by atoms with Crippen LogP contribution in [0.5, 0.6) is 0 Å². The maximum Gasteiger partial charge on any atom is 0.184 e. The molecule has 3 heteroatoms. The molecule has 1 rings (SSSR count). The van der Waals surface area contributed by atoms with Crippen molar-refractivity contribution in [2.45, 2.75) is 6.42 Å². The minimum atomic E-state index is 0.274. The molecule has 0 aliphatic heterocycles. The van der Waals surface area contributed by atoms with Crippen LogP contribution in [-0.2, 0) is 11.2 Å². The molecule has 0 unspecified atom stereocenters. The zero-order valence-corrected chi connectivity index (χ0v) is 6.37. The minimum absolute atomic E-state index is 0.274. The minimum Gasteiger partial charge on any atom is -0.484 e. The predicted molar refractivity (Wildman–Crippen MR) is 42.7 cm³/mol. The Labute approximate surface area is 65.5 Å². The second kappa shape index (κ2) is 3.71. The van der Waals surface area contributed by atoms with E-state index in [1.165, 1.54) is 7.11 Å². The van der Waals surface area contributed by atoms with E-state index >= 15 is 0 Å².